The number of benzene rings is 2. The van der Waals surface area contributed by atoms with Crippen molar-refractivity contribution in [3.8, 4) is 5.75 Å². The van der Waals surface area contributed by atoms with Gasteiger partial charge in [0.1, 0.15) is 5.75 Å². The highest BCUT2D eigenvalue weighted by Crippen LogP contribution is 2.18. The molecule has 3 rings (SSSR count). The molecule has 0 aliphatic carbocycles. The number of rotatable bonds is 6. The maximum Gasteiger partial charge on any atom is 0.271 e. The number of nitrogens with one attached hydrogen (secondary N) is 1. The summed E-state index contributed by atoms with van der Waals surface area (Å²) in [6.45, 7) is 4.44. The normalized spacial score (nSPS) is 11.0. The molecule has 1 heterocycles. The van der Waals surface area contributed by atoms with Crippen molar-refractivity contribution in [1.82, 2.24) is 15.2 Å². The Morgan fingerprint density at radius 3 is 2.61 bits per heavy atom. The van der Waals surface area contributed by atoms with Gasteiger partial charge in [0, 0.05) is 21.8 Å². The second kappa shape index (κ2) is 8.71. The molecule has 0 aliphatic rings. The standard InChI is InChI=1S/C21H21ClN4O2/c1-14-19(12-23-24-21(27)16-8-10-18(28-3)11-9-16)15(2)26(25-14)13-17-6-4-5-7-20(17)22/h4-12H,13H2,1-3H3,(H,24,27)/b23-12-. The lowest BCUT2D eigenvalue weighted by Gasteiger charge is -2.06. The minimum Gasteiger partial charge on any atom is -0.497 e. The van der Waals surface area contributed by atoms with Gasteiger partial charge in [-0.05, 0) is 49.7 Å². The summed E-state index contributed by atoms with van der Waals surface area (Å²) < 4.78 is 6.97. The predicted molar refractivity (Wildman–Crippen MR) is 110 cm³/mol. The number of amides is 1. The number of carbonyl (C=O) groups excluding carboxylic acids is 1. The number of methoxy groups -OCH3 is 1. The Kier molecular flexibility index (Phi) is 6.11. The van der Waals surface area contributed by atoms with E-state index in [1.807, 2.05) is 42.8 Å². The zero-order valence-electron chi connectivity index (χ0n) is 15.9. The molecule has 0 fully saturated rings. The SMILES string of the molecule is COc1ccc(C(=O)N/N=C\c2c(C)nn(Cc3ccccc3Cl)c2C)cc1. The molecule has 1 aromatic heterocycles. The van der Waals surface area contributed by atoms with Gasteiger partial charge in [0.25, 0.3) is 5.91 Å². The largest absolute Gasteiger partial charge is 0.497 e. The average molecular weight is 397 g/mol. The molecule has 7 heteroatoms. The second-order valence-corrected chi connectivity index (χ2v) is 6.67. The maximum absolute atomic E-state index is 12.2. The van der Waals surface area contributed by atoms with Crippen molar-refractivity contribution in [1.29, 1.82) is 0 Å². The van der Waals surface area contributed by atoms with Gasteiger partial charge in [-0.3, -0.25) is 9.48 Å². The van der Waals surface area contributed by atoms with Gasteiger partial charge in [0.2, 0.25) is 0 Å². The second-order valence-electron chi connectivity index (χ2n) is 6.26. The van der Waals surface area contributed by atoms with Gasteiger partial charge in [-0.2, -0.15) is 10.2 Å². The van der Waals surface area contributed by atoms with Crippen molar-refractivity contribution in [2.24, 2.45) is 5.10 Å². The molecule has 3 aromatic rings. The lowest BCUT2D eigenvalue weighted by atomic mass is 10.2. The smallest absolute Gasteiger partial charge is 0.271 e. The number of nitrogens with zero attached hydrogens (tertiary/aromatic N) is 3. The van der Waals surface area contributed by atoms with Gasteiger partial charge in [0.05, 0.1) is 25.6 Å². The summed E-state index contributed by atoms with van der Waals surface area (Å²) in [5, 5.41) is 9.35. The first kappa shape index (κ1) is 19.6. The molecular weight excluding hydrogens is 376 g/mol. The monoisotopic (exact) mass is 396 g/mol. The minimum absolute atomic E-state index is 0.294. The Balaban J connectivity index is 1.70. The third-order valence-corrected chi connectivity index (χ3v) is 4.80. The van der Waals surface area contributed by atoms with Crippen molar-refractivity contribution in [2.45, 2.75) is 20.4 Å². The fourth-order valence-electron chi connectivity index (χ4n) is 2.80. The third kappa shape index (κ3) is 4.40. The summed E-state index contributed by atoms with van der Waals surface area (Å²) in [7, 11) is 1.58. The van der Waals surface area contributed by atoms with Crippen LogP contribution in [0.25, 0.3) is 0 Å². The Bertz CT molecular complexity index is 1010. The number of ether oxygens (including phenoxy) is 1. The van der Waals surface area contributed by atoms with E-state index in [9.17, 15) is 4.79 Å². The number of aryl methyl sites for hydroxylation is 1. The fraction of sp³-hybridized carbons (Fsp3) is 0.190. The zero-order chi connectivity index (χ0) is 20.1. The molecule has 0 spiro atoms. The molecule has 0 aliphatic heterocycles. The van der Waals surface area contributed by atoms with E-state index >= 15 is 0 Å². The van der Waals surface area contributed by atoms with Crippen molar-refractivity contribution < 1.29 is 9.53 Å². The first-order valence-electron chi connectivity index (χ1n) is 8.74. The maximum atomic E-state index is 12.2. The van der Waals surface area contributed by atoms with Crippen LogP contribution in [0.5, 0.6) is 5.75 Å². The van der Waals surface area contributed by atoms with Gasteiger partial charge in [-0.1, -0.05) is 29.8 Å². The van der Waals surface area contributed by atoms with E-state index in [4.69, 9.17) is 16.3 Å². The van der Waals surface area contributed by atoms with Crippen LogP contribution in [0.15, 0.2) is 53.6 Å². The van der Waals surface area contributed by atoms with Crippen molar-refractivity contribution in [3.63, 3.8) is 0 Å². The van der Waals surface area contributed by atoms with Crippen LogP contribution < -0.4 is 10.2 Å². The van der Waals surface area contributed by atoms with Crippen LogP contribution in [-0.2, 0) is 6.54 Å². The summed E-state index contributed by atoms with van der Waals surface area (Å²) in [4.78, 5) is 12.2. The molecule has 0 bridgehead atoms. The molecule has 0 unspecified atom stereocenters. The molecule has 6 nitrogen and oxygen atoms in total. The lowest BCUT2D eigenvalue weighted by molar-refractivity contribution is 0.0955. The fourth-order valence-corrected chi connectivity index (χ4v) is 3.00. The van der Waals surface area contributed by atoms with Gasteiger partial charge in [0.15, 0.2) is 0 Å². The molecule has 28 heavy (non-hydrogen) atoms. The zero-order valence-corrected chi connectivity index (χ0v) is 16.7. The van der Waals surface area contributed by atoms with Crippen LogP contribution in [-0.4, -0.2) is 29.0 Å². The Labute approximate surface area is 168 Å². The van der Waals surface area contributed by atoms with E-state index in [2.05, 4.69) is 15.6 Å². The summed E-state index contributed by atoms with van der Waals surface area (Å²) in [6, 6.07) is 14.5. The molecule has 1 amide bonds. The summed E-state index contributed by atoms with van der Waals surface area (Å²) in [5.74, 6) is 0.398. The van der Waals surface area contributed by atoms with E-state index in [0.717, 1.165) is 22.5 Å². The highest BCUT2D eigenvalue weighted by atomic mass is 35.5. The molecule has 1 N–H and O–H groups in total. The van der Waals surface area contributed by atoms with Crippen LogP contribution in [0.4, 0.5) is 0 Å². The van der Waals surface area contributed by atoms with Crippen LogP contribution in [0.3, 0.4) is 0 Å². The highest BCUT2D eigenvalue weighted by Gasteiger charge is 2.11. The summed E-state index contributed by atoms with van der Waals surface area (Å²) in [5.41, 5.74) is 6.66. The van der Waals surface area contributed by atoms with Gasteiger partial charge in [-0.25, -0.2) is 5.43 Å². The number of hydrogen-bond donors (Lipinski definition) is 1. The molecule has 0 saturated carbocycles. The summed E-state index contributed by atoms with van der Waals surface area (Å²) in [6.07, 6.45) is 1.61. The van der Waals surface area contributed by atoms with Crippen molar-refractivity contribution in [2.75, 3.05) is 7.11 Å². The molecule has 2 aromatic carbocycles. The summed E-state index contributed by atoms with van der Waals surface area (Å²) >= 11 is 6.25. The van der Waals surface area contributed by atoms with Gasteiger partial charge in [-0.15, -0.1) is 0 Å². The molecular formula is C21H21ClN4O2. The van der Waals surface area contributed by atoms with Crippen LogP contribution in [0, 0.1) is 13.8 Å². The quantitative estimate of drug-likeness (QED) is 0.506. The number of hydrazone groups is 1. The Morgan fingerprint density at radius 2 is 1.93 bits per heavy atom. The Morgan fingerprint density at radius 1 is 1.21 bits per heavy atom. The number of carbonyl (C=O) groups is 1. The van der Waals surface area contributed by atoms with E-state index in [1.165, 1.54) is 0 Å². The molecule has 0 saturated heterocycles. The molecule has 144 valence electrons. The third-order valence-electron chi connectivity index (χ3n) is 4.43. The van der Waals surface area contributed by atoms with Crippen LogP contribution >= 0.6 is 11.6 Å². The average Bonchev–Trinajstić information content (AvgIpc) is 2.97. The topological polar surface area (TPSA) is 68.5 Å². The predicted octanol–water partition coefficient (Wildman–Crippen LogP) is 3.97. The number of halogens is 1. The van der Waals surface area contributed by atoms with Crippen molar-refractivity contribution >= 4 is 23.7 Å². The minimum atomic E-state index is -0.294. The van der Waals surface area contributed by atoms with Gasteiger partial charge >= 0.3 is 0 Å². The van der Waals surface area contributed by atoms with Crippen LogP contribution in [0.2, 0.25) is 5.02 Å². The first-order valence-corrected chi connectivity index (χ1v) is 9.12. The first-order chi connectivity index (χ1) is 13.5. The Hall–Kier alpha value is -3.12. The number of hydrogen-bond acceptors (Lipinski definition) is 4. The molecule has 0 atom stereocenters. The van der Waals surface area contributed by atoms with Crippen molar-refractivity contribution in [3.05, 3.63) is 81.6 Å². The van der Waals surface area contributed by atoms with E-state index < -0.39 is 0 Å². The van der Waals surface area contributed by atoms with Crippen LogP contribution in [0.1, 0.15) is 32.9 Å². The van der Waals surface area contributed by atoms with E-state index in [1.54, 1.807) is 37.6 Å². The number of aromatic nitrogens is 2. The van der Waals surface area contributed by atoms with E-state index in [0.29, 0.717) is 22.9 Å². The van der Waals surface area contributed by atoms with E-state index in [-0.39, 0.29) is 5.91 Å². The lowest BCUT2D eigenvalue weighted by Crippen LogP contribution is -2.17. The molecule has 0 radical (unpaired) electrons. The van der Waals surface area contributed by atoms with Gasteiger partial charge < -0.3 is 4.74 Å². The highest BCUT2D eigenvalue weighted by molar-refractivity contribution is 6.31.